The molecule has 1 saturated heterocycles. The number of ether oxygens (including phenoxy) is 2. The van der Waals surface area contributed by atoms with E-state index in [-0.39, 0.29) is 18.3 Å². The lowest BCUT2D eigenvalue weighted by molar-refractivity contribution is 0.0189. The van der Waals surface area contributed by atoms with Crippen LogP contribution in [0.15, 0.2) is 41.5 Å². The number of nitrogens with zero attached hydrogens (tertiary/aromatic N) is 1. The van der Waals surface area contributed by atoms with Crippen LogP contribution in [0, 0.1) is 0 Å². The maximum absolute atomic E-state index is 12.1. The minimum atomic E-state index is -0.772. The lowest BCUT2D eigenvalue weighted by Crippen LogP contribution is -2.42. The van der Waals surface area contributed by atoms with Gasteiger partial charge < -0.3 is 30.2 Å². The van der Waals surface area contributed by atoms with E-state index in [1.54, 1.807) is 13.3 Å². The number of methoxy groups -OCH3 is 1. The topological polar surface area (TPSA) is 118 Å². The molecule has 1 aliphatic rings. The number of rotatable bonds is 7. The molecule has 3 atom stereocenters. The summed E-state index contributed by atoms with van der Waals surface area (Å²) in [5, 5.41) is 15.9. The van der Waals surface area contributed by atoms with Crippen LogP contribution in [0.4, 0.5) is 4.79 Å². The number of H-pyrrole nitrogens is 1. The van der Waals surface area contributed by atoms with Crippen LogP contribution in [0.3, 0.4) is 0 Å². The van der Waals surface area contributed by atoms with Gasteiger partial charge in [-0.1, -0.05) is 12.1 Å². The van der Waals surface area contributed by atoms with E-state index in [0.29, 0.717) is 19.5 Å². The molecule has 2 aromatic rings. The number of β-amino-alcohol motifs (C(OH)–C–C–N with tert-alkyl or cyclic N) is 1. The van der Waals surface area contributed by atoms with Gasteiger partial charge in [0.15, 0.2) is 0 Å². The molecular formula is C18H24N4O5. The first kappa shape index (κ1) is 19.0. The number of carbonyl (C=O) groups excluding carboxylic acids is 1. The van der Waals surface area contributed by atoms with Gasteiger partial charge in [-0.05, 0) is 24.1 Å². The molecule has 1 aromatic heterocycles. The third kappa shape index (κ3) is 4.89. The fraction of sp³-hybridized carbons (Fsp3) is 0.444. The Labute approximate surface area is 156 Å². The third-order valence-electron chi connectivity index (χ3n) is 4.57. The van der Waals surface area contributed by atoms with E-state index in [4.69, 9.17) is 9.47 Å². The van der Waals surface area contributed by atoms with Crippen LogP contribution in [-0.4, -0.2) is 59.2 Å². The summed E-state index contributed by atoms with van der Waals surface area (Å²) >= 11 is 0. The van der Waals surface area contributed by atoms with Gasteiger partial charge in [0.25, 0.3) is 0 Å². The summed E-state index contributed by atoms with van der Waals surface area (Å²) in [5.41, 5.74) is 0.809. The average molecular weight is 376 g/mol. The highest BCUT2D eigenvalue weighted by molar-refractivity contribution is 5.67. The highest BCUT2D eigenvalue weighted by Crippen LogP contribution is 2.19. The third-order valence-corrected chi connectivity index (χ3v) is 4.57. The second kappa shape index (κ2) is 8.74. The normalized spacial score (nSPS) is 21.8. The SMILES string of the molecule is COc1ccc(C[C@H]2NC[C@H](O)[C@H]2OC(=O)NCCn2cc[nH]c2=O)cc1. The molecule has 1 fully saturated rings. The highest BCUT2D eigenvalue weighted by atomic mass is 16.6. The molecule has 27 heavy (non-hydrogen) atoms. The number of alkyl carbamates (subject to hydrolysis) is 1. The first-order valence-corrected chi connectivity index (χ1v) is 8.79. The highest BCUT2D eigenvalue weighted by Gasteiger charge is 2.37. The Morgan fingerprint density at radius 1 is 1.37 bits per heavy atom. The van der Waals surface area contributed by atoms with Crippen molar-refractivity contribution in [2.75, 3.05) is 20.2 Å². The lowest BCUT2D eigenvalue weighted by Gasteiger charge is -2.22. The number of nitrogens with one attached hydrogen (secondary N) is 3. The Morgan fingerprint density at radius 2 is 2.15 bits per heavy atom. The first-order valence-electron chi connectivity index (χ1n) is 8.79. The van der Waals surface area contributed by atoms with Crippen LogP contribution >= 0.6 is 0 Å². The molecule has 0 saturated carbocycles. The van der Waals surface area contributed by atoms with Gasteiger partial charge in [-0.2, -0.15) is 0 Å². The summed E-state index contributed by atoms with van der Waals surface area (Å²) in [5.74, 6) is 0.770. The average Bonchev–Trinajstić information content (AvgIpc) is 3.22. The van der Waals surface area contributed by atoms with Gasteiger partial charge in [0.05, 0.1) is 13.2 Å². The molecule has 4 N–H and O–H groups in total. The molecule has 0 spiro atoms. The number of hydrogen-bond acceptors (Lipinski definition) is 6. The van der Waals surface area contributed by atoms with Crippen LogP contribution in [-0.2, 0) is 17.7 Å². The van der Waals surface area contributed by atoms with Gasteiger partial charge >= 0.3 is 11.8 Å². The van der Waals surface area contributed by atoms with Crippen molar-refractivity contribution in [1.82, 2.24) is 20.2 Å². The number of aromatic nitrogens is 2. The summed E-state index contributed by atoms with van der Waals surface area (Å²) in [7, 11) is 1.61. The second-order valence-corrected chi connectivity index (χ2v) is 6.39. The van der Waals surface area contributed by atoms with Gasteiger partial charge in [0, 0.05) is 32.0 Å². The minimum absolute atomic E-state index is 0.188. The van der Waals surface area contributed by atoms with E-state index in [1.807, 2.05) is 24.3 Å². The monoisotopic (exact) mass is 376 g/mol. The number of carbonyl (C=O) groups is 1. The number of amides is 1. The van der Waals surface area contributed by atoms with Crippen LogP contribution < -0.4 is 21.1 Å². The van der Waals surface area contributed by atoms with Crippen molar-refractivity contribution in [2.24, 2.45) is 0 Å². The minimum Gasteiger partial charge on any atom is -0.497 e. The van der Waals surface area contributed by atoms with Gasteiger partial charge in [-0.25, -0.2) is 9.59 Å². The van der Waals surface area contributed by atoms with E-state index in [9.17, 15) is 14.7 Å². The molecule has 0 bridgehead atoms. The van der Waals surface area contributed by atoms with Crippen molar-refractivity contribution in [3.8, 4) is 5.75 Å². The molecule has 1 amide bonds. The van der Waals surface area contributed by atoms with Crippen molar-refractivity contribution < 1.29 is 19.4 Å². The number of aromatic amines is 1. The molecule has 3 rings (SSSR count). The molecule has 0 radical (unpaired) electrons. The molecule has 9 heteroatoms. The van der Waals surface area contributed by atoms with E-state index in [1.165, 1.54) is 10.8 Å². The van der Waals surface area contributed by atoms with Crippen molar-refractivity contribution >= 4 is 6.09 Å². The quantitative estimate of drug-likeness (QED) is 0.534. The van der Waals surface area contributed by atoms with Crippen LogP contribution in [0.2, 0.25) is 0 Å². The number of hydrogen-bond donors (Lipinski definition) is 4. The molecule has 1 aromatic carbocycles. The number of imidazole rings is 1. The maximum Gasteiger partial charge on any atom is 0.407 e. The number of benzene rings is 1. The van der Waals surface area contributed by atoms with E-state index in [0.717, 1.165) is 11.3 Å². The molecule has 0 aliphatic carbocycles. The zero-order chi connectivity index (χ0) is 19.2. The Kier molecular flexibility index (Phi) is 6.15. The number of aliphatic hydroxyl groups excluding tert-OH is 1. The maximum atomic E-state index is 12.1. The van der Waals surface area contributed by atoms with E-state index in [2.05, 4.69) is 15.6 Å². The van der Waals surface area contributed by atoms with Crippen molar-refractivity contribution in [1.29, 1.82) is 0 Å². The predicted molar refractivity (Wildman–Crippen MR) is 97.8 cm³/mol. The standard InChI is InChI=1S/C18H24N4O5/c1-26-13-4-2-12(3-5-13)10-14-16(15(23)11-21-14)27-18(25)20-7-9-22-8-6-19-17(22)24/h2-6,8,14-16,21,23H,7,9-11H2,1H3,(H,19,24)(H,20,25)/t14-,15+,16+/m1/s1. The Balaban J connectivity index is 1.50. The van der Waals surface area contributed by atoms with Crippen molar-refractivity contribution in [2.45, 2.75) is 31.2 Å². The zero-order valence-electron chi connectivity index (χ0n) is 15.1. The fourth-order valence-corrected chi connectivity index (χ4v) is 3.11. The molecule has 1 aliphatic heterocycles. The van der Waals surface area contributed by atoms with E-state index < -0.39 is 18.3 Å². The van der Waals surface area contributed by atoms with Gasteiger partial charge in [0.2, 0.25) is 0 Å². The largest absolute Gasteiger partial charge is 0.497 e. The van der Waals surface area contributed by atoms with Gasteiger partial charge in [0.1, 0.15) is 18.0 Å². The summed E-state index contributed by atoms with van der Waals surface area (Å²) in [6.07, 6.45) is 1.70. The van der Waals surface area contributed by atoms with Crippen LogP contribution in [0.1, 0.15) is 5.56 Å². The van der Waals surface area contributed by atoms with Crippen LogP contribution in [0.5, 0.6) is 5.75 Å². The molecule has 146 valence electrons. The van der Waals surface area contributed by atoms with Crippen molar-refractivity contribution in [3.63, 3.8) is 0 Å². The Bertz CT molecular complexity index is 801. The molecule has 9 nitrogen and oxygen atoms in total. The second-order valence-electron chi connectivity index (χ2n) is 6.39. The van der Waals surface area contributed by atoms with Gasteiger partial charge in [-0.15, -0.1) is 0 Å². The molecular weight excluding hydrogens is 352 g/mol. The van der Waals surface area contributed by atoms with Gasteiger partial charge in [-0.3, -0.25) is 4.57 Å². The van der Waals surface area contributed by atoms with E-state index >= 15 is 0 Å². The summed E-state index contributed by atoms with van der Waals surface area (Å²) in [6.45, 7) is 0.936. The van der Waals surface area contributed by atoms with Crippen molar-refractivity contribution in [3.05, 3.63) is 52.7 Å². The zero-order valence-corrected chi connectivity index (χ0v) is 15.1. The Hall–Kier alpha value is -2.78. The lowest BCUT2D eigenvalue weighted by atomic mass is 10.0. The summed E-state index contributed by atoms with van der Waals surface area (Å²) in [4.78, 5) is 26.0. The predicted octanol–water partition coefficient (Wildman–Crippen LogP) is -0.145. The fourth-order valence-electron chi connectivity index (χ4n) is 3.11. The molecule has 0 unspecified atom stereocenters. The summed E-state index contributed by atoms with van der Waals surface area (Å²) in [6, 6.07) is 7.43. The summed E-state index contributed by atoms with van der Waals surface area (Å²) < 4.78 is 12.0. The first-order chi connectivity index (χ1) is 13.1. The number of aliphatic hydroxyl groups is 1. The van der Waals surface area contributed by atoms with Crippen LogP contribution in [0.25, 0.3) is 0 Å². The molecule has 2 heterocycles. The smallest absolute Gasteiger partial charge is 0.407 e. The Morgan fingerprint density at radius 3 is 2.81 bits per heavy atom.